The number of ketones is 2. The third-order valence-electron chi connectivity index (χ3n) is 9.23. The van der Waals surface area contributed by atoms with Crippen LogP contribution in [0.4, 0.5) is 4.79 Å². The van der Waals surface area contributed by atoms with Crippen molar-refractivity contribution in [2.45, 2.75) is 114 Å². The van der Waals surface area contributed by atoms with Crippen LogP contribution in [0.3, 0.4) is 0 Å². The molecule has 1 aromatic rings. The van der Waals surface area contributed by atoms with Crippen LogP contribution in [-0.2, 0) is 68.7 Å². The minimum Gasteiger partial charge on any atom is -0.481 e. The minimum absolute atomic E-state index is 0. The third-order valence-corrected chi connectivity index (χ3v) is 9.59. The number of unbranched alkanes of at least 4 members (excludes halogenated alkanes) is 1. The zero-order valence-corrected chi connectivity index (χ0v) is 36.1. The molecule has 372 valence electrons. The molecular weight excluding hydrogens is 915 g/mol. The first-order valence-corrected chi connectivity index (χ1v) is 20.6. The highest BCUT2D eigenvalue weighted by Gasteiger charge is 2.34. The lowest BCUT2D eigenvalue weighted by molar-refractivity contribution is -0.149. The Morgan fingerprint density at radius 3 is 1.81 bits per heavy atom. The molecule has 0 spiro atoms. The summed E-state index contributed by atoms with van der Waals surface area (Å²) in [5.41, 5.74) is 6.34. The predicted octanol–water partition coefficient (Wildman–Crippen LogP) is -2.06. The first kappa shape index (κ1) is 59.8. The van der Waals surface area contributed by atoms with Gasteiger partial charge < -0.3 is 67.9 Å². The summed E-state index contributed by atoms with van der Waals surface area (Å²) in [5, 5.41) is 59.3. The average molecular weight is 972 g/mol. The molecule has 0 heterocycles. The first-order valence-electron chi connectivity index (χ1n) is 20.0. The summed E-state index contributed by atoms with van der Waals surface area (Å²) < 4.78 is 4.58. The Morgan fingerprint density at radius 1 is 0.642 bits per heavy atom. The molecule has 0 radical (unpaired) electrons. The second kappa shape index (κ2) is 31.7. The third kappa shape index (κ3) is 24.6. The van der Waals surface area contributed by atoms with Gasteiger partial charge in [-0.3, -0.25) is 47.9 Å². The lowest BCUT2D eigenvalue weighted by Crippen LogP contribution is -2.57. The van der Waals surface area contributed by atoms with Crippen molar-refractivity contribution in [1.29, 1.82) is 0 Å². The number of amides is 6. The van der Waals surface area contributed by atoms with Gasteiger partial charge in [-0.15, -0.1) is 0 Å². The molecule has 0 aliphatic carbocycles. The van der Waals surface area contributed by atoms with Crippen molar-refractivity contribution in [2.75, 3.05) is 12.3 Å². The lowest BCUT2D eigenvalue weighted by Gasteiger charge is -2.22. The fourth-order valence-electron chi connectivity index (χ4n) is 5.68. The van der Waals surface area contributed by atoms with Crippen LogP contribution in [0, 0.1) is 5.92 Å². The maximum Gasteiger partial charge on any atom is 0.327 e. The van der Waals surface area contributed by atoms with Gasteiger partial charge in [0.05, 0.1) is 18.9 Å². The Labute approximate surface area is 388 Å². The van der Waals surface area contributed by atoms with Crippen LogP contribution in [0.25, 0.3) is 0 Å². The predicted molar refractivity (Wildman–Crippen MR) is 232 cm³/mol. The summed E-state index contributed by atoms with van der Waals surface area (Å²) in [5.74, 6) is -15.6. The molecule has 6 amide bonds. The van der Waals surface area contributed by atoms with Gasteiger partial charge in [0.2, 0.25) is 23.6 Å². The van der Waals surface area contributed by atoms with Crippen LogP contribution in [0.1, 0.15) is 77.2 Å². The number of benzene rings is 1. The summed E-state index contributed by atoms with van der Waals surface area (Å²) in [4.78, 5) is 157. The summed E-state index contributed by atoms with van der Waals surface area (Å²) in [6.45, 7) is -0.800. The van der Waals surface area contributed by atoms with Crippen LogP contribution in [0.5, 0.6) is 0 Å². The number of hydrogen-bond donors (Lipinski definition) is 13. The van der Waals surface area contributed by atoms with Crippen LogP contribution in [0.2, 0.25) is 0 Å². The molecule has 0 aliphatic heterocycles. The van der Waals surface area contributed by atoms with Gasteiger partial charge >= 0.3 is 35.9 Å². The molecule has 0 saturated carbocycles. The van der Waals surface area contributed by atoms with E-state index in [9.17, 15) is 77.6 Å². The quantitative estimate of drug-likeness (QED) is 0.0116. The van der Waals surface area contributed by atoms with Crippen LogP contribution in [0.15, 0.2) is 30.3 Å². The van der Waals surface area contributed by atoms with Gasteiger partial charge in [0.1, 0.15) is 35.9 Å². The number of nitrogens with one attached hydrogen (secondary N) is 6. The van der Waals surface area contributed by atoms with Crippen LogP contribution >= 0.6 is 12.6 Å². The zero-order chi connectivity index (χ0) is 49.9. The Balaban J connectivity index is 0.0000436. The summed E-state index contributed by atoms with van der Waals surface area (Å²) in [6.07, 6.45) is -4.95. The van der Waals surface area contributed by atoms with E-state index in [2.05, 4.69) is 38.6 Å². The van der Waals surface area contributed by atoms with Gasteiger partial charge in [-0.05, 0) is 31.2 Å². The van der Waals surface area contributed by atoms with Crippen molar-refractivity contribution in [3.63, 3.8) is 0 Å². The molecule has 13 N–H and O–H groups in total. The number of thiol groups is 1. The van der Waals surface area contributed by atoms with Crippen molar-refractivity contribution in [3.05, 3.63) is 35.9 Å². The summed E-state index contributed by atoms with van der Waals surface area (Å²) in [7, 11) is 0. The van der Waals surface area contributed by atoms with Gasteiger partial charge in [0.25, 0.3) is 6.47 Å². The largest absolute Gasteiger partial charge is 0.481 e. The van der Waals surface area contributed by atoms with E-state index in [1.807, 2.05) is 10.6 Å². The summed E-state index contributed by atoms with van der Waals surface area (Å²) in [6, 6.07) is -0.851. The van der Waals surface area contributed by atoms with Crippen molar-refractivity contribution in [3.8, 4) is 0 Å². The highest BCUT2D eigenvalue weighted by atomic mass is 32.1. The van der Waals surface area contributed by atoms with Gasteiger partial charge in [0, 0.05) is 44.4 Å². The number of carbonyl (C=O) groups is 13. The molecule has 7 atom stereocenters. The number of carboxylic acids is 5. The molecular formula is C40H57N7O19S. The topological polar surface area (TPSA) is 430 Å². The van der Waals surface area contributed by atoms with E-state index in [1.54, 1.807) is 30.3 Å². The molecule has 1 aromatic carbocycles. The van der Waals surface area contributed by atoms with Gasteiger partial charge in [-0.25, -0.2) is 14.4 Å². The molecule has 1 rings (SSSR count). The molecule has 0 fully saturated rings. The molecule has 67 heavy (non-hydrogen) atoms. The normalized spacial score (nSPS) is 13.6. The molecule has 0 saturated heterocycles. The monoisotopic (exact) mass is 971 g/mol. The van der Waals surface area contributed by atoms with Crippen molar-refractivity contribution >= 4 is 90.2 Å². The van der Waals surface area contributed by atoms with E-state index < -0.39 is 139 Å². The Bertz CT molecular complexity index is 1920. The first-order chi connectivity index (χ1) is 31.1. The smallest absolute Gasteiger partial charge is 0.327 e. The van der Waals surface area contributed by atoms with E-state index in [1.165, 1.54) is 0 Å². The SMILES string of the molecule is C.N[C@@H](CNC(=O)[C@H](CC(=O)[C@H](Cc1ccccc1)NC(=O)CCCCC(=O)CC[C@H](NC(=O)N[C@@H](CCC(=O)O)OC=O)C(=O)O)C(=O)O)C(=O)N[C@@H](CC(=O)O)C(=O)N[C@@H](CS)C(=O)O. The molecule has 0 unspecified atom stereocenters. The van der Waals surface area contributed by atoms with Crippen LogP contribution in [-0.4, -0.2) is 152 Å². The Morgan fingerprint density at radius 2 is 1.25 bits per heavy atom. The number of carbonyl (C=O) groups excluding carboxylic acids is 8. The molecule has 0 bridgehead atoms. The number of urea groups is 1. The van der Waals surface area contributed by atoms with E-state index in [0.29, 0.717) is 5.56 Å². The maximum atomic E-state index is 13.5. The number of Topliss-reactive ketones (excluding diaryl/α,β-unsaturated/α-hetero) is 2. The average Bonchev–Trinajstić information content (AvgIpc) is 3.24. The van der Waals surface area contributed by atoms with Crippen molar-refractivity contribution in [2.24, 2.45) is 11.7 Å². The molecule has 27 heteroatoms. The fourth-order valence-corrected chi connectivity index (χ4v) is 5.93. The number of rotatable bonds is 34. The van der Waals surface area contributed by atoms with E-state index in [0.717, 1.165) is 0 Å². The van der Waals surface area contributed by atoms with Crippen molar-refractivity contribution < 1.29 is 92.6 Å². The number of nitrogens with two attached hydrogens (primary N) is 1. The van der Waals surface area contributed by atoms with E-state index in [4.69, 9.17) is 15.9 Å². The van der Waals surface area contributed by atoms with Crippen molar-refractivity contribution in [1.82, 2.24) is 31.9 Å². The van der Waals surface area contributed by atoms with E-state index >= 15 is 0 Å². The molecule has 0 aromatic heterocycles. The van der Waals surface area contributed by atoms with Crippen LogP contribution < -0.4 is 37.6 Å². The zero-order valence-electron chi connectivity index (χ0n) is 35.2. The Kier molecular flexibility index (Phi) is 28.3. The number of aliphatic carboxylic acids is 5. The second-order valence-corrected chi connectivity index (χ2v) is 14.8. The van der Waals surface area contributed by atoms with E-state index in [-0.39, 0.29) is 71.0 Å². The maximum absolute atomic E-state index is 13.5. The standard InChI is InChI=1S/C39H53N7O19S.CH4/c40-23(34(56)43-26(16-32(53)54)35(57)44-27(18-66)38(62)63)17-41-33(55)22(36(58)59)15-28(49)25(14-20-6-2-1-3-7-20)42-29(50)9-5-4-8-21(48)10-11-24(37(60)61)45-39(64)46-30(65-19-47)12-13-31(51)52;/h1-3,6-7,19,22-27,30,66H,4-5,8-18,40H2,(H,41,55)(H,42,50)(H,43,56)(H,44,57)(H,51,52)(H,53,54)(H,58,59)(H,60,61)(H,62,63)(H2,45,46,64);1H4/t22-,23-,24-,25-,26-,27-,30+;/m0./s1. The highest BCUT2D eigenvalue weighted by molar-refractivity contribution is 7.80. The van der Waals surface area contributed by atoms with Gasteiger partial charge in [-0.1, -0.05) is 37.8 Å². The fraction of sp³-hybridized carbons (Fsp3) is 0.525. The minimum atomic E-state index is -2.06. The second-order valence-electron chi connectivity index (χ2n) is 14.4. The molecule has 26 nitrogen and oxygen atoms in total. The number of hydrogen-bond acceptors (Lipinski definition) is 16. The number of carboxylic acid groups (broad SMARTS) is 5. The number of ether oxygens (including phenoxy) is 1. The molecule has 0 aliphatic rings. The summed E-state index contributed by atoms with van der Waals surface area (Å²) >= 11 is 3.79. The van der Waals surface area contributed by atoms with Gasteiger partial charge in [-0.2, -0.15) is 12.6 Å². The van der Waals surface area contributed by atoms with Gasteiger partial charge in [0.15, 0.2) is 12.0 Å². The Hall–Kier alpha value is -7.16. The lowest BCUT2D eigenvalue weighted by atomic mass is 9.93. The highest BCUT2D eigenvalue weighted by Crippen LogP contribution is 2.13.